The Balaban J connectivity index is 4.16. The molecule has 2 N–H and O–H groups in total. The number of hydrogen-bond donors (Lipinski definition) is 2. The van der Waals surface area contributed by atoms with Crippen molar-refractivity contribution in [2.75, 3.05) is 7.11 Å². The van der Waals surface area contributed by atoms with Crippen LogP contribution in [0.1, 0.15) is 13.8 Å². The highest BCUT2D eigenvalue weighted by atomic mass is 16.5. The van der Waals surface area contributed by atoms with Crippen LogP contribution in [0.4, 0.5) is 0 Å². The summed E-state index contributed by atoms with van der Waals surface area (Å²) < 4.78 is 4.65. The standard InChI is InChI=1S/C6H11N3O2/c1-4(7)8-6(11-3)9-5(2)10/h1-3H3,(H2,7,8,9,10). The molecule has 0 saturated carbocycles. The maximum Gasteiger partial charge on any atom is 0.297 e. The average Bonchev–Trinajstić information content (AvgIpc) is 1.84. The third kappa shape index (κ3) is 5.07. The van der Waals surface area contributed by atoms with Gasteiger partial charge in [-0.1, -0.05) is 0 Å². The van der Waals surface area contributed by atoms with E-state index in [1.54, 1.807) is 0 Å². The van der Waals surface area contributed by atoms with Crippen LogP contribution in [0.2, 0.25) is 0 Å². The van der Waals surface area contributed by atoms with Crippen molar-refractivity contribution >= 4 is 17.8 Å². The summed E-state index contributed by atoms with van der Waals surface area (Å²) in [6, 6.07) is 0.0463. The number of amides is 1. The van der Waals surface area contributed by atoms with Gasteiger partial charge in [-0.2, -0.15) is 4.99 Å². The Kier molecular flexibility index (Phi) is 3.87. The topological polar surface area (TPSA) is 74.5 Å². The summed E-state index contributed by atoms with van der Waals surface area (Å²) in [5, 5.41) is 9.26. The van der Waals surface area contributed by atoms with Crippen LogP contribution in [-0.4, -0.2) is 24.9 Å². The first-order valence-corrected chi connectivity index (χ1v) is 3.01. The summed E-state index contributed by atoms with van der Waals surface area (Å²) in [4.78, 5) is 14.0. The predicted octanol–water partition coefficient (Wildman–Crippen LogP) is 0.122. The van der Waals surface area contributed by atoms with Gasteiger partial charge in [-0.05, 0) is 6.92 Å². The Morgan fingerprint density at radius 1 is 1.55 bits per heavy atom. The molecule has 0 aromatic rings. The third-order valence-electron chi connectivity index (χ3n) is 0.746. The second-order valence-corrected chi connectivity index (χ2v) is 1.89. The van der Waals surface area contributed by atoms with Gasteiger partial charge >= 0.3 is 0 Å². The Morgan fingerprint density at radius 2 is 2.09 bits per heavy atom. The van der Waals surface area contributed by atoms with Crippen LogP contribution in [-0.2, 0) is 9.53 Å². The van der Waals surface area contributed by atoms with E-state index >= 15 is 0 Å². The minimum atomic E-state index is -0.271. The number of amidine groups is 2. The molecule has 0 atom stereocenters. The lowest BCUT2D eigenvalue weighted by atomic mass is 10.7. The van der Waals surface area contributed by atoms with Gasteiger partial charge in [-0.3, -0.25) is 15.5 Å². The normalized spacial score (nSPS) is 10.6. The molecule has 0 fully saturated rings. The number of rotatable bonds is 0. The van der Waals surface area contributed by atoms with Crippen LogP contribution in [0.15, 0.2) is 4.99 Å². The van der Waals surface area contributed by atoms with Crippen molar-refractivity contribution in [2.24, 2.45) is 4.99 Å². The Bertz CT molecular complexity index is 198. The fraction of sp³-hybridized carbons (Fsp3) is 0.500. The first-order chi connectivity index (χ1) is 5.06. The van der Waals surface area contributed by atoms with E-state index < -0.39 is 0 Å². The SMILES string of the molecule is COC(=NC(C)=N)NC(C)=O. The second-order valence-electron chi connectivity index (χ2n) is 1.89. The highest BCUT2D eigenvalue weighted by Crippen LogP contribution is 1.78. The molecular weight excluding hydrogens is 146 g/mol. The van der Waals surface area contributed by atoms with Crippen molar-refractivity contribution in [1.82, 2.24) is 5.32 Å². The van der Waals surface area contributed by atoms with Gasteiger partial charge < -0.3 is 4.74 Å². The molecule has 11 heavy (non-hydrogen) atoms. The number of carbonyl (C=O) groups excluding carboxylic acids is 1. The molecule has 0 rings (SSSR count). The van der Waals surface area contributed by atoms with Crippen molar-refractivity contribution in [3.8, 4) is 0 Å². The van der Waals surface area contributed by atoms with Crippen molar-refractivity contribution < 1.29 is 9.53 Å². The number of ether oxygens (including phenoxy) is 1. The van der Waals surface area contributed by atoms with Crippen LogP contribution >= 0.6 is 0 Å². The van der Waals surface area contributed by atoms with E-state index in [1.807, 2.05) is 0 Å². The minimum absolute atomic E-state index is 0.0463. The molecule has 0 saturated heterocycles. The fourth-order valence-electron chi connectivity index (χ4n) is 0.428. The molecule has 0 radical (unpaired) electrons. The van der Waals surface area contributed by atoms with E-state index in [9.17, 15) is 4.79 Å². The van der Waals surface area contributed by atoms with Gasteiger partial charge in [0.15, 0.2) is 0 Å². The molecule has 0 aromatic carbocycles. The van der Waals surface area contributed by atoms with Crippen LogP contribution < -0.4 is 5.32 Å². The van der Waals surface area contributed by atoms with E-state index in [4.69, 9.17) is 5.41 Å². The molecule has 0 bridgehead atoms. The van der Waals surface area contributed by atoms with E-state index in [0.717, 1.165) is 0 Å². The van der Waals surface area contributed by atoms with Gasteiger partial charge in [0.2, 0.25) is 5.91 Å². The van der Waals surface area contributed by atoms with Crippen LogP contribution in [0.25, 0.3) is 0 Å². The Morgan fingerprint density at radius 3 is 2.36 bits per heavy atom. The average molecular weight is 157 g/mol. The molecule has 5 heteroatoms. The third-order valence-corrected chi connectivity index (χ3v) is 0.746. The highest BCUT2D eigenvalue weighted by molar-refractivity contribution is 5.98. The van der Waals surface area contributed by atoms with Gasteiger partial charge in [0.1, 0.15) is 5.84 Å². The molecule has 0 aliphatic carbocycles. The van der Waals surface area contributed by atoms with Crippen LogP contribution in [0.5, 0.6) is 0 Å². The van der Waals surface area contributed by atoms with E-state index in [2.05, 4.69) is 15.0 Å². The maximum absolute atomic E-state index is 10.5. The molecule has 62 valence electrons. The van der Waals surface area contributed by atoms with E-state index in [1.165, 1.54) is 21.0 Å². The molecule has 5 nitrogen and oxygen atoms in total. The summed E-state index contributed by atoms with van der Waals surface area (Å²) in [5.41, 5.74) is 0. The maximum atomic E-state index is 10.5. The monoisotopic (exact) mass is 157 g/mol. The van der Waals surface area contributed by atoms with Gasteiger partial charge in [-0.25, -0.2) is 0 Å². The van der Waals surface area contributed by atoms with Crippen LogP contribution in [0.3, 0.4) is 0 Å². The quantitative estimate of drug-likeness (QED) is 0.387. The largest absolute Gasteiger partial charge is 0.468 e. The zero-order chi connectivity index (χ0) is 8.85. The molecule has 0 heterocycles. The van der Waals surface area contributed by atoms with Crippen molar-refractivity contribution in [3.05, 3.63) is 0 Å². The number of methoxy groups -OCH3 is 1. The van der Waals surface area contributed by atoms with E-state index in [0.29, 0.717) is 0 Å². The van der Waals surface area contributed by atoms with E-state index in [-0.39, 0.29) is 17.8 Å². The number of nitrogens with zero attached hydrogens (tertiary/aromatic N) is 1. The Hall–Kier alpha value is -1.39. The molecule has 0 aliphatic heterocycles. The minimum Gasteiger partial charge on any atom is -0.468 e. The zero-order valence-electron chi connectivity index (χ0n) is 6.76. The van der Waals surface area contributed by atoms with Crippen molar-refractivity contribution in [3.63, 3.8) is 0 Å². The van der Waals surface area contributed by atoms with Gasteiger partial charge in [0.25, 0.3) is 6.02 Å². The number of hydrogen-bond acceptors (Lipinski definition) is 3. The molecule has 0 aromatic heterocycles. The van der Waals surface area contributed by atoms with Gasteiger partial charge in [0, 0.05) is 6.92 Å². The summed E-state index contributed by atoms with van der Waals surface area (Å²) in [5.74, 6) is -0.192. The summed E-state index contributed by atoms with van der Waals surface area (Å²) in [6.07, 6.45) is 0. The van der Waals surface area contributed by atoms with Crippen LogP contribution in [0, 0.1) is 5.41 Å². The lowest BCUT2D eigenvalue weighted by molar-refractivity contribution is -0.117. The first kappa shape index (κ1) is 9.61. The Labute approximate surface area is 65.0 Å². The smallest absolute Gasteiger partial charge is 0.297 e. The summed E-state index contributed by atoms with van der Waals surface area (Å²) >= 11 is 0. The van der Waals surface area contributed by atoms with Gasteiger partial charge in [-0.15, -0.1) is 0 Å². The molecule has 1 amide bonds. The van der Waals surface area contributed by atoms with Crippen molar-refractivity contribution in [1.29, 1.82) is 5.41 Å². The number of carbonyl (C=O) groups is 1. The second kappa shape index (κ2) is 4.43. The summed E-state index contributed by atoms with van der Waals surface area (Å²) in [6.45, 7) is 2.83. The number of aliphatic imine (C=N–C) groups is 1. The lowest BCUT2D eigenvalue weighted by Gasteiger charge is -2.02. The summed E-state index contributed by atoms with van der Waals surface area (Å²) in [7, 11) is 1.37. The molecule has 0 aliphatic rings. The fourth-order valence-corrected chi connectivity index (χ4v) is 0.428. The predicted molar refractivity (Wildman–Crippen MR) is 41.7 cm³/mol. The molecule has 0 unspecified atom stereocenters. The highest BCUT2D eigenvalue weighted by Gasteiger charge is 1.99. The zero-order valence-corrected chi connectivity index (χ0v) is 6.76. The van der Waals surface area contributed by atoms with Gasteiger partial charge in [0.05, 0.1) is 7.11 Å². The first-order valence-electron chi connectivity index (χ1n) is 3.01. The number of nitrogens with one attached hydrogen (secondary N) is 2. The molecular formula is C6H11N3O2. The molecule has 0 spiro atoms. The lowest BCUT2D eigenvalue weighted by Crippen LogP contribution is -2.30. The van der Waals surface area contributed by atoms with Crippen molar-refractivity contribution in [2.45, 2.75) is 13.8 Å².